The summed E-state index contributed by atoms with van der Waals surface area (Å²) in [4.78, 5) is 24.6. The first-order valence-electron chi connectivity index (χ1n) is 5.73. The van der Waals surface area contributed by atoms with Gasteiger partial charge in [-0.1, -0.05) is 29.5 Å². The van der Waals surface area contributed by atoms with Crippen molar-refractivity contribution in [2.45, 2.75) is 25.4 Å². The summed E-state index contributed by atoms with van der Waals surface area (Å²) in [6.45, 7) is 1.94. The van der Waals surface area contributed by atoms with Crippen LogP contribution in [-0.4, -0.2) is 26.9 Å². The molecule has 1 aliphatic heterocycles. The molecule has 0 aliphatic carbocycles. The third-order valence-corrected chi connectivity index (χ3v) is 4.47. The van der Waals surface area contributed by atoms with Crippen molar-refractivity contribution in [1.82, 2.24) is 9.55 Å². The van der Waals surface area contributed by atoms with Crippen molar-refractivity contribution in [3.05, 3.63) is 32.9 Å². The Morgan fingerprint density at radius 3 is 2.89 bits per heavy atom. The predicted molar refractivity (Wildman–Crippen MR) is 73.8 cm³/mol. The quantitative estimate of drug-likeness (QED) is 0.624. The Labute approximate surface area is 122 Å². The highest BCUT2D eigenvalue weighted by Crippen LogP contribution is 2.42. The molecule has 0 bridgehead atoms. The van der Waals surface area contributed by atoms with Gasteiger partial charge >= 0.3 is 5.69 Å². The molecule has 1 aromatic heterocycles. The van der Waals surface area contributed by atoms with Crippen LogP contribution in [-0.2, 0) is 9.47 Å². The van der Waals surface area contributed by atoms with Crippen LogP contribution in [0.25, 0.3) is 0 Å². The van der Waals surface area contributed by atoms with Crippen molar-refractivity contribution in [2.24, 2.45) is 5.92 Å². The van der Waals surface area contributed by atoms with Gasteiger partial charge in [0.2, 0.25) is 5.82 Å². The predicted octanol–water partition coefficient (Wildman–Crippen LogP) is 1.01. The fourth-order valence-corrected chi connectivity index (χ4v) is 3.43. The average molecular weight is 384 g/mol. The van der Waals surface area contributed by atoms with Crippen LogP contribution in [0.15, 0.2) is 15.8 Å². The summed E-state index contributed by atoms with van der Waals surface area (Å²) < 4.78 is 26.1. The fourth-order valence-electron chi connectivity index (χ4n) is 2.19. The van der Waals surface area contributed by atoms with Crippen molar-refractivity contribution in [1.29, 1.82) is 0 Å². The summed E-state index contributed by atoms with van der Waals surface area (Å²) in [5, 5.41) is 0. The van der Waals surface area contributed by atoms with Crippen LogP contribution in [0.5, 0.6) is 0 Å². The minimum atomic E-state index is -1.03. The smallest absolute Gasteiger partial charge is 0.330 e. The molecule has 0 radical (unpaired) electrons. The first kappa shape index (κ1) is 14.7. The number of halogens is 2. The number of H-pyrrole nitrogens is 1. The molecular formula is C11H14FIN2O4. The first-order valence-corrected chi connectivity index (χ1v) is 7.26. The zero-order chi connectivity index (χ0) is 14.2. The molecule has 3 atom stereocenters. The van der Waals surface area contributed by atoms with Gasteiger partial charge in [-0.05, 0) is 0 Å². The SMILES string of the molecule is CO[C@]1(CI)O[C@@H](n2cc(F)c(=O)[nH]c2=O)C[C@@H]1C. The van der Waals surface area contributed by atoms with E-state index in [1.54, 1.807) is 0 Å². The molecule has 19 heavy (non-hydrogen) atoms. The number of aromatic amines is 1. The number of hydrogen-bond donors (Lipinski definition) is 1. The minimum absolute atomic E-state index is 0.0429. The molecule has 1 N–H and O–H groups in total. The van der Waals surface area contributed by atoms with Crippen molar-refractivity contribution < 1.29 is 13.9 Å². The Morgan fingerprint density at radius 2 is 2.37 bits per heavy atom. The van der Waals surface area contributed by atoms with Gasteiger partial charge in [0.1, 0.15) is 6.23 Å². The second-order valence-electron chi connectivity index (χ2n) is 4.50. The Balaban J connectivity index is 2.38. The number of aromatic nitrogens is 2. The molecule has 0 amide bonds. The minimum Gasteiger partial charge on any atom is -0.352 e. The van der Waals surface area contributed by atoms with Gasteiger partial charge in [0.15, 0.2) is 5.79 Å². The fraction of sp³-hybridized carbons (Fsp3) is 0.636. The lowest BCUT2D eigenvalue weighted by Gasteiger charge is -2.29. The van der Waals surface area contributed by atoms with Crippen LogP contribution in [0.3, 0.4) is 0 Å². The number of nitrogens with zero attached hydrogens (tertiary/aromatic N) is 1. The lowest BCUT2D eigenvalue weighted by molar-refractivity contribution is -0.222. The van der Waals surface area contributed by atoms with Gasteiger partial charge in [-0.15, -0.1) is 0 Å². The first-order chi connectivity index (χ1) is 8.93. The molecule has 1 fully saturated rings. The zero-order valence-electron chi connectivity index (χ0n) is 10.5. The molecule has 6 nitrogen and oxygen atoms in total. The molecule has 0 spiro atoms. The van der Waals surface area contributed by atoms with E-state index < -0.39 is 29.1 Å². The highest BCUT2D eigenvalue weighted by Gasteiger charge is 2.47. The van der Waals surface area contributed by atoms with Gasteiger partial charge in [0.05, 0.1) is 10.6 Å². The number of hydrogen-bond acceptors (Lipinski definition) is 4. The third kappa shape index (κ3) is 2.48. The van der Waals surface area contributed by atoms with Crippen LogP contribution in [0.4, 0.5) is 4.39 Å². The highest BCUT2D eigenvalue weighted by atomic mass is 127. The topological polar surface area (TPSA) is 73.3 Å². The largest absolute Gasteiger partial charge is 0.352 e. The van der Waals surface area contributed by atoms with E-state index in [2.05, 4.69) is 22.6 Å². The van der Waals surface area contributed by atoms with Gasteiger partial charge in [0.25, 0.3) is 5.56 Å². The monoisotopic (exact) mass is 384 g/mol. The van der Waals surface area contributed by atoms with Crippen molar-refractivity contribution in [3.63, 3.8) is 0 Å². The Kier molecular flexibility index (Phi) is 4.11. The molecule has 1 aromatic rings. The van der Waals surface area contributed by atoms with E-state index in [0.29, 0.717) is 10.8 Å². The standard InChI is InChI=1S/C11H14FIN2O4/c1-6-3-8(19-11(6,5-13)18-2)15-4-7(12)9(16)14-10(15)17/h4,6,8H,3,5H2,1-2H3,(H,14,16,17)/t6-,8+,11+/m0/s1. The number of methoxy groups -OCH3 is 1. The Bertz CT molecular complexity index is 581. The Hall–Kier alpha value is -0.740. The molecule has 8 heteroatoms. The van der Waals surface area contributed by atoms with Crippen LogP contribution in [0.1, 0.15) is 19.6 Å². The maximum Gasteiger partial charge on any atom is 0.330 e. The number of nitrogens with one attached hydrogen (secondary N) is 1. The molecular weight excluding hydrogens is 370 g/mol. The van der Waals surface area contributed by atoms with Gasteiger partial charge in [-0.25, -0.2) is 4.79 Å². The molecule has 2 heterocycles. The summed E-state index contributed by atoms with van der Waals surface area (Å²) in [6.07, 6.45) is 0.725. The lowest BCUT2D eigenvalue weighted by atomic mass is 10.0. The molecule has 1 aliphatic rings. The van der Waals surface area contributed by atoms with E-state index in [-0.39, 0.29) is 5.92 Å². The van der Waals surface area contributed by atoms with Gasteiger partial charge in [-0.2, -0.15) is 4.39 Å². The summed E-state index contributed by atoms with van der Waals surface area (Å²) >= 11 is 2.14. The summed E-state index contributed by atoms with van der Waals surface area (Å²) in [5.41, 5.74) is -1.72. The molecule has 2 rings (SSSR count). The molecule has 1 saturated heterocycles. The van der Waals surface area contributed by atoms with E-state index >= 15 is 0 Å². The maximum absolute atomic E-state index is 13.3. The average Bonchev–Trinajstić information content (AvgIpc) is 2.71. The number of rotatable bonds is 3. The van der Waals surface area contributed by atoms with Gasteiger partial charge in [0, 0.05) is 19.4 Å². The molecule has 106 valence electrons. The van der Waals surface area contributed by atoms with E-state index in [4.69, 9.17) is 9.47 Å². The molecule has 0 aromatic carbocycles. The van der Waals surface area contributed by atoms with Crippen LogP contribution in [0.2, 0.25) is 0 Å². The second-order valence-corrected chi connectivity index (χ2v) is 5.27. The van der Waals surface area contributed by atoms with E-state index in [0.717, 1.165) is 10.8 Å². The van der Waals surface area contributed by atoms with E-state index in [1.165, 1.54) is 7.11 Å². The van der Waals surface area contributed by atoms with Gasteiger partial charge < -0.3 is 9.47 Å². The van der Waals surface area contributed by atoms with E-state index in [1.807, 2.05) is 11.9 Å². The lowest BCUT2D eigenvalue weighted by Crippen LogP contribution is -2.39. The van der Waals surface area contributed by atoms with E-state index in [9.17, 15) is 14.0 Å². The highest BCUT2D eigenvalue weighted by molar-refractivity contribution is 14.1. The Morgan fingerprint density at radius 1 is 1.68 bits per heavy atom. The maximum atomic E-state index is 13.3. The zero-order valence-corrected chi connectivity index (χ0v) is 12.6. The van der Waals surface area contributed by atoms with Gasteiger partial charge in [-0.3, -0.25) is 14.3 Å². The second kappa shape index (κ2) is 5.33. The molecule has 0 saturated carbocycles. The van der Waals surface area contributed by atoms with Crippen molar-refractivity contribution in [3.8, 4) is 0 Å². The van der Waals surface area contributed by atoms with Crippen molar-refractivity contribution >= 4 is 22.6 Å². The third-order valence-electron chi connectivity index (χ3n) is 3.41. The molecule has 0 unspecified atom stereocenters. The summed E-state index contributed by atoms with van der Waals surface area (Å²) in [7, 11) is 1.54. The number of alkyl halides is 1. The van der Waals surface area contributed by atoms with Crippen molar-refractivity contribution in [2.75, 3.05) is 11.5 Å². The van der Waals surface area contributed by atoms with Crippen LogP contribution >= 0.6 is 22.6 Å². The number of ether oxygens (including phenoxy) is 2. The summed E-state index contributed by atoms with van der Waals surface area (Å²) in [5.74, 6) is -1.77. The normalized spacial score (nSPS) is 30.7. The van der Waals surface area contributed by atoms with Crippen LogP contribution < -0.4 is 11.2 Å². The summed E-state index contributed by atoms with van der Waals surface area (Å²) in [6, 6.07) is 0. The van der Waals surface area contributed by atoms with Crippen LogP contribution in [0, 0.1) is 11.7 Å².